The third-order valence-electron chi connectivity index (χ3n) is 5.03. The van der Waals surface area contributed by atoms with Crippen molar-refractivity contribution in [1.29, 1.82) is 0 Å². The van der Waals surface area contributed by atoms with E-state index in [2.05, 4.69) is 4.90 Å². The zero-order chi connectivity index (χ0) is 15.1. The number of hydrogen-bond acceptors (Lipinski definition) is 4. The molecule has 116 valence electrons. The average Bonchev–Trinajstić information content (AvgIpc) is 2.45. The molecule has 2 atom stereocenters. The molecule has 1 saturated carbocycles. The molecule has 1 saturated heterocycles. The van der Waals surface area contributed by atoms with Crippen molar-refractivity contribution in [2.24, 2.45) is 5.92 Å². The smallest absolute Gasteiger partial charge is 0.177 e. The SMILES string of the molecule is CS(=O)(=O)c1ccccc1N1CCC2(O)CCCCC2C1. The van der Waals surface area contributed by atoms with E-state index in [9.17, 15) is 13.5 Å². The first-order chi connectivity index (χ1) is 9.90. The second-order valence-electron chi connectivity index (χ2n) is 6.48. The summed E-state index contributed by atoms with van der Waals surface area (Å²) in [6, 6.07) is 7.20. The second kappa shape index (κ2) is 5.29. The van der Waals surface area contributed by atoms with Crippen LogP contribution in [0.4, 0.5) is 5.69 Å². The monoisotopic (exact) mass is 309 g/mol. The van der Waals surface area contributed by atoms with Gasteiger partial charge in [-0.05, 0) is 31.4 Å². The Balaban J connectivity index is 1.90. The van der Waals surface area contributed by atoms with Gasteiger partial charge in [0.25, 0.3) is 0 Å². The molecule has 1 heterocycles. The Labute approximate surface area is 126 Å². The minimum absolute atomic E-state index is 0.257. The van der Waals surface area contributed by atoms with Gasteiger partial charge in [-0.25, -0.2) is 8.42 Å². The van der Waals surface area contributed by atoms with E-state index in [0.717, 1.165) is 50.9 Å². The first-order valence-electron chi connectivity index (χ1n) is 7.67. The molecule has 1 aliphatic heterocycles. The quantitative estimate of drug-likeness (QED) is 0.910. The lowest BCUT2D eigenvalue weighted by Crippen LogP contribution is -2.53. The lowest BCUT2D eigenvalue weighted by molar-refractivity contribution is -0.0613. The maximum atomic E-state index is 12.0. The molecular formula is C16H23NO3S. The van der Waals surface area contributed by atoms with Gasteiger partial charge in [-0.1, -0.05) is 25.0 Å². The number of anilines is 1. The van der Waals surface area contributed by atoms with E-state index in [-0.39, 0.29) is 5.92 Å². The third kappa shape index (κ3) is 2.81. The van der Waals surface area contributed by atoms with E-state index in [1.807, 2.05) is 12.1 Å². The molecule has 2 fully saturated rings. The predicted octanol–water partition coefficient (Wildman–Crippen LogP) is 2.22. The van der Waals surface area contributed by atoms with Crippen LogP contribution in [0.15, 0.2) is 29.2 Å². The number of benzene rings is 1. The van der Waals surface area contributed by atoms with E-state index in [1.165, 1.54) is 6.26 Å². The van der Waals surface area contributed by atoms with Crippen LogP contribution >= 0.6 is 0 Å². The van der Waals surface area contributed by atoms with Gasteiger partial charge in [-0.15, -0.1) is 0 Å². The van der Waals surface area contributed by atoms with Crippen LogP contribution in [-0.2, 0) is 9.84 Å². The molecule has 0 aromatic heterocycles. The molecule has 0 bridgehead atoms. The Kier molecular flexibility index (Phi) is 3.74. The first-order valence-corrected chi connectivity index (χ1v) is 9.56. The molecule has 2 aliphatic rings. The first kappa shape index (κ1) is 14.9. The zero-order valence-electron chi connectivity index (χ0n) is 12.5. The van der Waals surface area contributed by atoms with Crippen molar-refractivity contribution >= 4 is 15.5 Å². The zero-order valence-corrected chi connectivity index (χ0v) is 13.3. The lowest BCUT2D eigenvalue weighted by Gasteiger charge is -2.48. The van der Waals surface area contributed by atoms with Crippen molar-refractivity contribution < 1.29 is 13.5 Å². The number of piperidine rings is 1. The Bertz CT molecular complexity index is 628. The number of sulfone groups is 1. The number of rotatable bonds is 2. The Morgan fingerprint density at radius 1 is 1.24 bits per heavy atom. The molecule has 1 N–H and O–H groups in total. The fraction of sp³-hybridized carbons (Fsp3) is 0.625. The summed E-state index contributed by atoms with van der Waals surface area (Å²) >= 11 is 0. The maximum Gasteiger partial charge on any atom is 0.177 e. The molecule has 0 spiro atoms. The van der Waals surface area contributed by atoms with Gasteiger partial charge in [0.1, 0.15) is 0 Å². The fourth-order valence-electron chi connectivity index (χ4n) is 3.82. The molecule has 0 amide bonds. The largest absolute Gasteiger partial charge is 0.389 e. The highest BCUT2D eigenvalue weighted by Crippen LogP contribution is 2.41. The summed E-state index contributed by atoms with van der Waals surface area (Å²) in [5.41, 5.74) is 0.252. The van der Waals surface area contributed by atoms with Crippen LogP contribution in [0, 0.1) is 5.92 Å². The van der Waals surface area contributed by atoms with E-state index in [0.29, 0.717) is 4.90 Å². The Hall–Kier alpha value is -1.07. The highest BCUT2D eigenvalue weighted by atomic mass is 32.2. The standard InChI is InChI=1S/C16H23NO3S/c1-21(19,20)15-8-3-2-7-14(15)17-11-10-16(18)9-5-4-6-13(16)12-17/h2-3,7-8,13,18H,4-6,9-12H2,1H3. The molecule has 21 heavy (non-hydrogen) atoms. The summed E-state index contributed by atoms with van der Waals surface area (Å²) in [5.74, 6) is 0.257. The van der Waals surface area contributed by atoms with Gasteiger partial charge in [-0.2, -0.15) is 0 Å². The number of hydrogen-bond donors (Lipinski definition) is 1. The summed E-state index contributed by atoms with van der Waals surface area (Å²) in [5, 5.41) is 10.7. The summed E-state index contributed by atoms with van der Waals surface area (Å²) in [6.07, 6.45) is 6.18. The Morgan fingerprint density at radius 3 is 2.76 bits per heavy atom. The Morgan fingerprint density at radius 2 is 2.00 bits per heavy atom. The van der Waals surface area contributed by atoms with Crippen LogP contribution < -0.4 is 4.90 Å². The van der Waals surface area contributed by atoms with Crippen LogP contribution in [0.5, 0.6) is 0 Å². The van der Waals surface area contributed by atoms with E-state index in [4.69, 9.17) is 0 Å². The van der Waals surface area contributed by atoms with Crippen molar-refractivity contribution in [1.82, 2.24) is 0 Å². The molecule has 1 aromatic rings. The van der Waals surface area contributed by atoms with Crippen LogP contribution in [0.1, 0.15) is 32.1 Å². The van der Waals surface area contributed by atoms with Crippen LogP contribution in [0.2, 0.25) is 0 Å². The summed E-state index contributed by atoms with van der Waals surface area (Å²) in [7, 11) is -3.23. The fourth-order valence-corrected chi connectivity index (χ4v) is 4.72. The molecule has 4 nitrogen and oxygen atoms in total. The molecule has 1 aromatic carbocycles. The van der Waals surface area contributed by atoms with Gasteiger partial charge in [0.15, 0.2) is 9.84 Å². The normalized spacial score (nSPS) is 30.0. The topological polar surface area (TPSA) is 57.6 Å². The molecular weight excluding hydrogens is 286 g/mol. The van der Waals surface area contributed by atoms with Gasteiger partial charge in [0, 0.05) is 25.3 Å². The van der Waals surface area contributed by atoms with Crippen molar-refractivity contribution in [3.05, 3.63) is 24.3 Å². The molecule has 5 heteroatoms. The van der Waals surface area contributed by atoms with Gasteiger partial charge in [0.05, 0.1) is 16.2 Å². The molecule has 2 unspecified atom stereocenters. The average molecular weight is 309 g/mol. The highest BCUT2D eigenvalue weighted by Gasteiger charge is 2.43. The van der Waals surface area contributed by atoms with Crippen molar-refractivity contribution in [3.63, 3.8) is 0 Å². The molecule has 0 radical (unpaired) electrons. The van der Waals surface area contributed by atoms with Crippen LogP contribution in [0.25, 0.3) is 0 Å². The van der Waals surface area contributed by atoms with Crippen LogP contribution in [0.3, 0.4) is 0 Å². The van der Waals surface area contributed by atoms with E-state index >= 15 is 0 Å². The maximum absolute atomic E-state index is 12.0. The minimum atomic E-state index is -3.23. The number of nitrogens with zero attached hydrogens (tertiary/aromatic N) is 1. The minimum Gasteiger partial charge on any atom is -0.389 e. The highest BCUT2D eigenvalue weighted by molar-refractivity contribution is 7.90. The molecule has 1 aliphatic carbocycles. The van der Waals surface area contributed by atoms with E-state index in [1.54, 1.807) is 12.1 Å². The summed E-state index contributed by atoms with van der Waals surface area (Å²) < 4.78 is 23.9. The van der Waals surface area contributed by atoms with Gasteiger partial charge < -0.3 is 10.0 Å². The second-order valence-corrected chi connectivity index (χ2v) is 8.47. The van der Waals surface area contributed by atoms with E-state index < -0.39 is 15.4 Å². The van der Waals surface area contributed by atoms with Gasteiger partial charge >= 0.3 is 0 Å². The van der Waals surface area contributed by atoms with Crippen molar-refractivity contribution in [3.8, 4) is 0 Å². The van der Waals surface area contributed by atoms with Crippen LogP contribution in [-0.4, -0.2) is 38.5 Å². The third-order valence-corrected chi connectivity index (χ3v) is 6.18. The van der Waals surface area contributed by atoms with Crippen molar-refractivity contribution in [2.45, 2.75) is 42.6 Å². The summed E-state index contributed by atoms with van der Waals surface area (Å²) in [4.78, 5) is 2.53. The number of para-hydroxylation sites is 1. The lowest BCUT2D eigenvalue weighted by atomic mass is 9.71. The molecule has 3 rings (SSSR count). The number of fused-ring (bicyclic) bond motifs is 1. The van der Waals surface area contributed by atoms with Crippen molar-refractivity contribution in [2.75, 3.05) is 24.2 Å². The van der Waals surface area contributed by atoms with Gasteiger partial charge in [0.2, 0.25) is 0 Å². The summed E-state index contributed by atoms with van der Waals surface area (Å²) in [6.45, 7) is 1.47. The predicted molar refractivity (Wildman–Crippen MR) is 83.3 cm³/mol. The number of aliphatic hydroxyl groups is 1. The van der Waals surface area contributed by atoms with Gasteiger partial charge in [-0.3, -0.25) is 0 Å².